The summed E-state index contributed by atoms with van der Waals surface area (Å²) in [5.74, 6) is -0.455. The molecule has 1 heterocycles. The predicted molar refractivity (Wildman–Crippen MR) is 83.3 cm³/mol. The quantitative estimate of drug-likeness (QED) is 0.897. The molecular weight excluding hydrogens is 285 g/mol. The third kappa shape index (κ3) is 3.55. The zero-order valence-corrected chi connectivity index (χ0v) is 13.1. The Morgan fingerprint density at radius 2 is 2.23 bits per heavy atom. The standard InChI is InChI=1S/C16H22FN3O2/c1-4-11(3)18-16(22)19-14-7-8-20(15(14)21)12-5-6-13(17)10(2)9-12/h5-6,9,11,14H,4,7-8H2,1-3H3,(H2,18,19,22). The molecule has 0 aromatic heterocycles. The molecular formula is C16H22FN3O2. The molecule has 1 aromatic carbocycles. The molecule has 2 rings (SSSR count). The number of halogens is 1. The molecule has 0 radical (unpaired) electrons. The Kier molecular flexibility index (Phi) is 5.00. The summed E-state index contributed by atoms with van der Waals surface area (Å²) in [6.45, 7) is 6.06. The minimum atomic E-state index is -0.533. The molecule has 1 aromatic rings. The summed E-state index contributed by atoms with van der Waals surface area (Å²) in [4.78, 5) is 25.8. The molecule has 0 bridgehead atoms. The number of urea groups is 1. The number of carbonyl (C=O) groups is 2. The van der Waals surface area contributed by atoms with E-state index in [0.29, 0.717) is 24.2 Å². The van der Waals surface area contributed by atoms with Crippen LogP contribution in [0.5, 0.6) is 0 Å². The van der Waals surface area contributed by atoms with Crippen LogP contribution in [0.2, 0.25) is 0 Å². The van der Waals surface area contributed by atoms with Gasteiger partial charge in [-0.2, -0.15) is 0 Å². The van der Waals surface area contributed by atoms with Crippen molar-refractivity contribution in [1.29, 1.82) is 0 Å². The van der Waals surface area contributed by atoms with Crippen LogP contribution >= 0.6 is 0 Å². The molecule has 1 aliphatic rings. The number of amides is 3. The average Bonchev–Trinajstić information content (AvgIpc) is 2.83. The molecule has 22 heavy (non-hydrogen) atoms. The molecule has 2 atom stereocenters. The number of hydrogen-bond acceptors (Lipinski definition) is 2. The third-order valence-corrected chi connectivity index (χ3v) is 3.95. The first kappa shape index (κ1) is 16.3. The topological polar surface area (TPSA) is 61.4 Å². The summed E-state index contributed by atoms with van der Waals surface area (Å²) >= 11 is 0. The fourth-order valence-corrected chi connectivity index (χ4v) is 2.39. The van der Waals surface area contributed by atoms with Crippen LogP contribution in [-0.4, -0.2) is 30.6 Å². The van der Waals surface area contributed by atoms with Gasteiger partial charge in [0, 0.05) is 18.3 Å². The molecule has 0 spiro atoms. The maximum atomic E-state index is 13.3. The van der Waals surface area contributed by atoms with E-state index in [1.165, 1.54) is 6.07 Å². The number of carbonyl (C=O) groups excluding carboxylic acids is 2. The van der Waals surface area contributed by atoms with E-state index in [1.807, 2.05) is 13.8 Å². The highest BCUT2D eigenvalue weighted by atomic mass is 19.1. The second-order valence-electron chi connectivity index (χ2n) is 5.69. The Morgan fingerprint density at radius 1 is 1.50 bits per heavy atom. The highest BCUT2D eigenvalue weighted by Crippen LogP contribution is 2.23. The minimum Gasteiger partial charge on any atom is -0.336 e. The summed E-state index contributed by atoms with van der Waals surface area (Å²) in [6.07, 6.45) is 1.37. The van der Waals surface area contributed by atoms with Crippen LogP contribution in [0.15, 0.2) is 18.2 Å². The van der Waals surface area contributed by atoms with Gasteiger partial charge in [0.2, 0.25) is 5.91 Å². The van der Waals surface area contributed by atoms with E-state index in [9.17, 15) is 14.0 Å². The number of benzene rings is 1. The lowest BCUT2D eigenvalue weighted by Gasteiger charge is -2.19. The number of nitrogens with one attached hydrogen (secondary N) is 2. The van der Waals surface area contributed by atoms with Gasteiger partial charge in [0.25, 0.3) is 0 Å². The molecule has 5 nitrogen and oxygen atoms in total. The number of hydrogen-bond donors (Lipinski definition) is 2. The van der Waals surface area contributed by atoms with E-state index < -0.39 is 6.04 Å². The molecule has 0 aliphatic carbocycles. The summed E-state index contributed by atoms with van der Waals surface area (Å²) in [5.41, 5.74) is 1.16. The number of anilines is 1. The van der Waals surface area contributed by atoms with E-state index in [-0.39, 0.29) is 23.8 Å². The lowest BCUT2D eigenvalue weighted by molar-refractivity contribution is -0.118. The average molecular weight is 307 g/mol. The van der Waals surface area contributed by atoms with Crippen LogP contribution in [0.4, 0.5) is 14.9 Å². The van der Waals surface area contributed by atoms with Gasteiger partial charge in [-0.05, 0) is 50.5 Å². The predicted octanol–water partition coefficient (Wildman–Crippen LogP) is 2.34. The van der Waals surface area contributed by atoms with Crippen LogP contribution < -0.4 is 15.5 Å². The summed E-state index contributed by atoms with van der Waals surface area (Å²) in [5, 5.41) is 5.48. The fraction of sp³-hybridized carbons (Fsp3) is 0.500. The van der Waals surface area contributed by atoms with Crippen molar-refractivity contribution >= 4 is 17.6 Å². The minimum absolute atomic E-state index is 0.0624. The van der Waals surface area contributed by atoms with Crippen molar-refractivity contribution in [2.75, 3.05) is 11.4 Å². The number of rotatable bonds is 4. The maximum absolute atomic E-state index is 13.3. The van der Waals surface area contributed by atoms with Gasteiger partial charge in [-0.1, -0.05) is 6.92 Å². The molecule has 3 amide bonds. The van der Waals surface area contributed by atoms with Gasteiger partial charge in [0.15, 0.2) is 0 Å². The van der Waals surface area contributed by atoms with Crippen molar-refractivity contribution < 1.29 is 14.0 Å². The molecule has 6 heteroatoms. The SMILES string of the molecule is CCC(C)NC(=O)NC1CCN(c2ccc(F)c(C)c2)C1=O. The van der Waals surface area contributed by atoms with Gasteiger partial charge in [-0.25, -0.2) is 9.18 Å². The zero-order chi connectivity index (χ0) is 16.3. The largest absolute Gasteiger partial charge is 0.336 e. The maximum Gasteiger partial charge on any atom is 0.315 e. The van der Waals surface area contributed by atoms with Gasteiger partial charge in [-0.3, -0.25) is 4.79 Å². The van der Waals surface area contributed by atoms with E-state index in [0.717, 1.165) is 6.42 Å². The Morgan fingerprint density at radius 3 is 2.86 bits per heavy atom. The van der Waals surface area contributed by atoms with Crippen molar-refractivity contribution in [3.8, 4) is 0 Å². The molecule has 1 fully saturated rings. The number of aryl methyl sites for hydroxylation is 1. The second-order valence-corrected chi connectivity index (χ2v) is 5.69. The monoisotopic (exact) mass is 307 g/mol. The summed E-state index contributed by atoms with van der Waals surface area (Å²) in [7, 11) is 0. The highest BCUT2D eigenvalue weighted by Gasteiger charge is 2.33. The van der Waals surface area contributed by atoms with Gasteiger partial charge in [0.05, 0.1) is 0 Å². The van der Waals surface area contributed by atoms with Crippen molar-refractivity contribution in [1.82, 2.24) is 10.6 Å². The Bertz CT molecular complexity index is 577. The van der Waals surface area contributed by atoms with E-state index in [2.05, 4.69) is 10.6 Å². The fourth-order valence-electron chi connectivity index (χ4n) is 2.39. The van der Waals surface area contributed by atoms with Crippen molar-refractivity contribution in [3.63, 3.8) is 0 Å². The first-order chi connectivity index (χ1) is 10.4. The molecule has 1 saturated heterocycles. The van der Waals surface area contributed by atoms with Gasteiger partial charge in [0.1, 0.15) is 11.9 Å². The van der Waals surface area contributed by atoms with Crippen LogP contribution in [-0.2, 0) is 4.79 Å². The van der Waals surface area contributed by atoms with Gasteiger partial charge in [-0.15, -0.1) is 0 Å². The molecule has 120 valence electrons. The van der Waals surface area contributed by atoms with Crippen LogP contribution in [0.1, 0.15) is 32.3 Å². The van der Waals surface area contributed by atoms with Crippen LogP contribution in [0.25, 0.3) is 0 Å². The van der Waals surface area contributed by atoms with Crippen molar-refractivity contribution in [2.45, 2.75) is 45.7 Å². The van der Waals surface area contributed by atoms with Gasteiger partial charge >= 0.3 is 6.03 Å². The van der Waals surface area contributed by atoms with E-state index in [4.69, 9.17) is 0 Å². The first-order valence-electron chi connectivity index (χ1n) is 7.57. The Labute approximate surface area is 129 Å². The van der Waals surface area contributed by atoms with Gasteiger partial charge < -0.3 is 15.5 Å². The molecule has 1 aliphatic heterocycles. The van der Waals surface area contributed by atoms with Crippen molar-refractivity contribution in [2.24, 2.45) is 0 Å². The normalized spacial score (nSPS) is 19.2. The smallest absolute Gasteiger partial charge is 0.315 e. The summed E-state index contributed by atoms with van der Waals surface area (Å²) < 4.78 is 13.3. The molecule has 2 unspecified atom stereocenters. The van der Waals surface area contributed by atoms with Crippen LogP contribution in [0.3, 0.4) is 0 Å². The second kappa shape index (κ2) is 6.77. The third-order valence-electron chi connectivity index (χ3n) is 3.95. The molecule has 0 saturated carbocycles. The zero-order valence-electron chi connectivity index (χ0n) is 13.1. The Balaban J connectivity index is 2.00. The lowest BCUT2D eigenvalue weighted by atomic mass is 10.2. The van der Waals surface area contributed by atoms with E-state index in [1.54, 1.807) is 24.0 Å². The Hall–Kier alpha value is -2.11. The summed E-state index contributed by atoms with van der Waals surface area (Å²) in [6, 6.07) is 3.79. The highest BCUT2D eigenvalue weighted by molar-refractivity contribution is 6.01. The van der Waals surface area contributed by atoms with Crippen LogP contribution in [0, 0.1) is 12.7 Å². The lowest BCUT2D eigenvalue weighted by Crippen LogP contribution is -2.48. The van der Waals surface area contributed by atoms with Crippen molar-refractivity contribution in [3.05, 3.63) is 29.6 Å². The number of nitrogens with zero attached hydrogens (tertiary/aromatic N) is 1. The van der Waals surface area contributed by atoms with E-state index >= 15 is 0 Å². The molecule has 2 N–H and O–H groups in total. The first-order valence-corrected chi connectivity index (χ1v) is 7.57.